The van der Waals surface area contributed by atoms with E-state index in [0.29, 0.717) is 0 Å². The van der Waals surface area contributed by atoms with Crippen LogP contribution in [0.3, 0.4) is 0 Å². The van der Waals surface area contributed by atoms with Crippen molar-refractivity contribution in [3.8, 4) is 0 Å². The van der Waals surface area contributed by atoms with Crippen LogP contribution >= 0.6 is 0 Å². The average molecular weight is 114 g/mol. The van der Waals surface area contributed by atoms with Gasteiger partial charge < -0.3 is 5.73 Å². The summed E-state index contributed by atoms with van der Waals surface area (Å²) in [4.78, 5) is 19.6. The van der Waals surface area contributed by atoms with E-state index >= 15 is 0 Å². The van der Waals surface area contributed by atoms with Crippen LogP contribution in [0.25, 0.3) is 0 Å². The Bertz CT molecular complexity index is 130. The molecule has 0 aliphatic rings. The van der Waals surface area contributed by atoms with Crippen LogP contribution in [0.4, 0.5) is 0 Å². The molecule has 44 valence electrons. The Morgan fingerprint density at radius 2 is 2.25 bits per heavy atom. The lowest BCUT2D eigenvalue weighted by Crippen LogP contribution is -2.22. The van der Waals surface area contributed by atoms with Gasteiger partial charge in [0.15, 0.2) is 6.29 Å². The monoisotopic (exact) mass is 114 g/mol. The second kappa shape index (κ2) is 3.04. The number of aldehydes is 1. The highest BCUT2D eigenvalue weighted by Crippen LogP contribution is 1.66. The molecule has 0 unspecified atom stereocenters. The van der Waals surface area contributed by atoms with E-state index in [2.05, 4.69) is 0 Å². The normalized spacial score (nSPS) is 8.12. The van der Waals surface area contributed by atoms with Crippen molar-refractivity contribution < 1.29 is 9.59 Å². The second-order valence-electron chi connectivity index (χ2n) is 1.16. The molecular weight excluding hydrogens is 108 g/mol. The van der Waals surface area contributed by atoms with Crippen LogP contribution in [0.5, 0.6) is 0 Å². The first kappa shape index (κ1) is 6.97. The van der Waals surface area contributed by atoms with E-state index in [-0.39, 0.29) is 18.5 Å². The summed E-state index contributed by atoms with van der Waals surface area (Å²) in [6, 6.07) is 0. The molecular formula is C4H6N2O2. The van der Waals surface area contributed by atoms with Crippen molar-refractivity contribution in [3.05, 3.63) is 0 Å². The Labute approximate surface area is 46.2 Å². The van der Waals surface area contributed by atoms with Crippen molar-refractivity contribution in [2.75, 3.05) is 6.54 Å². The molecule has 0 saturated heterocycles. The van der Waals surface area contributed by atoms with Gasteiger partial charge in [-0.05, 0) is 0 Å². The van der Waals surface area contributed by atoms with Gasteiger partial charge in [-0.25, -0.2) is 0 Å². The number of nitrogens with one attached hydrogen (secondary N) is 1. The van der Waals surface area contributed by atoms with Crippen molar-refractivity contribution in [3.63, 3.8) is 0 Å². The minimum atomic E-state index is -0.840. The molecule has 8 heavy (non-hydrogen) atoms. The number of carbonyl (C=O) groups excluding carboxylic acids is 2. The van der Waals surface area contributed by atoms with Gasteiger partial charge >= 0.3 is 0 Å². The Kier molecular flexibility index (Phi) is 2.64. The van der Waals surface area contributed by atoms with Gasteiger partial charge in [0.05, 0.1) is 5.71 Å². The predicted octanol–water partition coefficient (Wildman–Crippen LogP) is -1.27. The van der Waals surface area contributed by atoms with Crippen LogP contribution < -0.4 is 5.73 Å². The van der Waals surface area contributed by atoms with Gasteiger partial charge in [-0.15, -0.1) is 0 Å². The summed E-state index contributed by atoms with van der Waals surface area (Å²) in [5, 5.41) is 6.64. The maximum atomic E-state index is 10.1. The Morgan fingerprint density at radius 3 is 2.38 bits per heavy atom. The molecule has 0 bridgehead atoms. The molecule has 0 fully saturated rings. The summed E-state index contributed by atoms with van der Waals surface area (Å²) >= 11 is 0. The summed E-state index contributed by atoms with van der Waals surface area (Å²) in [7, 11) is 0. The topological polar surface area (TPSA) is 84.0 Å². The van der Waals surface area contributed by atoms with Crippen molar-refractivity contribution in [2.45, 2.75) is 0 Å². The maximum absolute atomic E-state index is 10.1. The highest BCUT2D eigenvalue weighted by Gasteiger charge is 2.02. The van der Waals surface area contributed by atoms with Crippen LogP contribution in [-0.4, -0.2) is 24.3 Å². The molecule has 0 rings (SSSR count). The lowest BCUT2D eigenvalue weighted by molar-refractivity contribution is -0.125. The molecule has 0 aliphatic heterocycles. The van der Waals surface area contributed by atoms with Crippen LogP contribution in [-0.2, 0) is 9.59 Å². The highest BCUT2D eigenvalue weighted by molar-refractivity contribution is 6.59. The summed E-state index contributed by atoms with van der Waals surface area (Å²) in [6.07, 6.45) is 0.0786. The third-order valence-corrected chi connectivity index (χ3v) is 0.609. The average Bonchev–Trinajstić information content (AvgIpc) is 1.84. The number of hydrogen-bond donors (Lipinski definition) is 2. The molecule has 4 nitrogen and oxygen atoms in total. The minimum Gasteiger partial charge on any atom is -0.325 e. The Morgan fingerprint density at radius 1 is 1.75 bits per heavy atom. The molecule has 0 heterocycles. The number of hydrogen-bond acceptors (Lipinski definition) is 4. The first-order chi connectivity index (χ1) is 3.72. The van der Waals surface area contributed by atoms with E-state index in [1.54, 1.807) is 0 Å². The van der Waals surface area contributed by atoms with E-state index in [1.807, 2.05) is 0 Å². The van der Waals surface area contributed by atoms with Crippen LogP contribution in [0.15, 0.2) is 0 Å². The summed E-state index contributed by atoms with van der Waals surface area (Å²) in [5.74, 6) is -0.840. The fraction of sp³-hybridized carbons (Fsp3) is 0.250. The van der Waals surface area contributed by atoms with E-state index in [9.17, 15) is 9.59 Å². The highest BCUT2D eigenvalue weighted by atomic mass is 16.2. The van der Waals surface area contributed by atoms with Crippen molar-refractivity contribution in [2.24, 2.45) is 5.73 Å². The van der Waals surface area contributed by atoms with Gasteiger partial charge in [0.1, 0.15) is 0 Å². The Balaban J connectivity index is 3.82. The molecule has 0 aromatic heterocycles. The quantitative estimate of drug-likeness (QED) is 0.272. The summed E-state index contributed by atoms with van der Waals surface area (Å²) < 4.78 is 0. The van der Waals surface area contributed by atoms with Gasteiger partial charge in [0.2, 0.25) is 5.78 Å². The van der Waals surface area contributed by atoms with Crippen molar-refractivity contribution in [1.29, 1.82) is 5.41 Å². The van der Waals surface area contributed by atoms with Gasteiger partial charge in [-0.1, -0.05) is 0 Å². The number of carbonyl (C=O) groups is 2. The first-order valence-corrected chi connectivity index (χ1v) is 1.99. The zero-order valence-corrected chi connectivity index (χ0v) is 4.18. The first-order valence-electron chi connectivity index (χ1n) is 1.99. The molecule has 0 aromatic rings. The molecule has 0 amide bonds. The van der Waals surface area contributed by atoms with Crippen LogP contribution in [0, 0.1) is 5.41 Å². The number of nitrogens with two attached hydrogens (primary N) is 1. The van der Waals surface area contributed by atoms with Gasteiger partial charge in [-0.2, -0.15) is 0 Å². The SMILES string of the molecule is N=C(CN)C(=O)C=O. The standard InChI is InChI=1S/C4H6N2O2/c5-1-3(6)4(8)2-7/h2,6H,1,5H2. The Hall–Kier alpha value is -1.03. The van der Waals surface area contributed by atoms with Crippen LogP contribution in [0.1, 0.15) is 0 Å². The molecule has 0 spiro atoms. The molecule has 0 saturated carbocycles. The number of Topliss-reactive ketones (excluding diaryl/α,β-unsaturated/α-hetero) is 1. The maximum Gasteiger partial charge on any atom is 0.240 e. The van der Waals surface area contributed by atoms with E-state index in [4.69, 9.17) is 11.1 Å². The fourth-order valence-corrected chi connectivity index (χ4v) is 0.172. The third kappa shape index (κ3) is 1.61. The smallest absolute Gasteiger partial charge is 0.240 e. The largest absolute Gasteiger partial charge is 0.325 e. The van der Waals surface area contributed by atoms with Gasteiger partial charge in [0.25, 0.3) is 0 Å². The van der Waals surface area contributed by atoms with Gasteiger partial charge in [-0.3, -0.25) is 15.0 Å². The van der Waals surface area contributed by atoms with Gasteiger partial charge in [0, 0.05) is 6.54 Å². The minimum absolute atomic E-state index is 0.0786. The molecule has 3 N–H and O–H groups in total. The fourth-order valence-electron chi connectivity index (χ4n) is 0.172. The molecule has 0 aromatic carbocycles. The number of rotatable bonds is 3. The second-order valence-corrected chi connectivity index (χ2v) is 1.16. The van der Waals surface area contributed by atoms with E-state index in [1.165, 1.54) is 0 Å². The molecule has 0 atom stereocenters. The summed E-state index contributed by atoms with van der Waals surface area (Å²) in [6.45, 7) is -0.169. The molecule has 4 heteroatoms. The molecule has 0 aliphatic carbocycles. The predicted molar refractivity (Wildman–Crippen MR) is 27.9 cm³/mol. The lowest BCUT2D eigenvalue weighted by Gasteiger charge is -1.86. The van der Waals surface area contributed by atoms with E-state index < -0.39 is 5.78 Å². The zero-order chi connectivity index (χ0) is 6.57. The number of ketones is 1. The van der Waals surface area contributed by atoms with Crippen molar-refractivity contribution >= 4 is 17.8 Å². The van der Waals surface area contributed by atoms with Crippen LogP contribution in [0.2, 0.25) is 0 Å². The molecule has 0 radical (unpaired) electrons. The van der Waals surface area contributed by atoms with Crippen molar-refractivity contribution in [1.82, 2.24) is 0 Å². The third-order valence-electron chi connectivity index (χ3n) is 0.609. The zero-order valence-electron chi connectivity index (χ0n) is 4.18. The van der Waals surface area contributed by atoms with E-state index in [0.717, 1.165) is 0 Å². The summed E-state index contributed by atoms with van der Waals surface area (Å²) in [5.41, 5.74) is 4.50. The lowest BCUT2D eigenvalue weighted by atomic mass is 10.3.